The summed E-state index contributed by atoms with van der Waals surface area (Å²) in [5.41, 5.74) is 3.12. The predicted molar refractivity (Wildman–Crippen MR) is 148 cm³/mol. The third kappa shape index (κ3) is 6.47. The van der Waals surface area contributed by atoms with Crippen LogP contribution in [-0.4, -0.2) is 51.2 Å². The molecule has 0 spiro atoms. The van der Waals surface area contributed by atoms with Gasteiger partial charge in [-0.2, -0.15) is 13.2 Å². The third-order valence-corrected chi connectivity index (χ3v) is 7.47. The van der Waals surface area contributed by atoms with E-state index in [0.29, 0.717) is 50.1 Å². The summed E-state index contributed by atoms with van der Waals surface area (Å²) < 4.78 is 48.4. The number of hydrogen-bond donors (Lipinski definition) is 0. The van der Waals surface area contributed by atoms with Crippen LogP contribution in [0.1, 0.15) is 42.8 Å². The Morgan fingerprint density at radius 1 is 0.925 bits per heavy atom. The van der Waals surface area contributed by atoms with E-state index in [0.717, 1.165) is 0 Å². The van der Waals surface area contributed by atoms with Gasteiger partial charge in [0.15, 0.2) is 0 Å². The Balaban J connectivity index is 1.20. The maximum atomic E-state index is 13.8. The van der Waals surface area contributed by atoms with Gasteiger partial charge in [-0.3, -0.25) is 4.90 Å². The molecular weight excluding hydrogens is 517 g/mol. The predicted octanol–water partition coefficient (Wildman–Crippen LogP) is 6.92. The molecule has 9 heteroatoms. The average Bonchev–Trinajstić information content (AvgIpc) is 3.37. The second kappa shape index (κ2) is 12.1. The van der Waals surface area contributed by atoms with Crippen LogP contribution in [0.15, 0.2) is 84.9 Å². The van der Waals surface area contributed by atoms with Crippen LogP contribution >= 0.6 is 0 Å². The Morgan fingerprint density at radius 2 is 1.48 bits per heavy atom. The van der Waals surface area contributed by atoms with Crippen LogP contribution in [0.25, 0.3) is 11.0 Å². The number of rotatable bonds is 8. The Labute approximate surface area is 232 Å². The van der Waals surface area contributed by atoms with Gasteiger partial charge < -0.3 is 14.2 Å². The molecular formula is C31H33F3N4O2. The van der Waals surface area contributed by atoms with E-state index in [2.05, 4.69) is 34.1 Å². The lowest BCUT2D eigenvalue weighted by atomic mass is 10.0. The number of amides is 1. The maximum absolute atomic E-state index is 13.8. The highest BCUT2D eigenvalue weighted by Gasteiger charge is 2.40. The van der Waals surface area contributed by atoms with Crippen molar-refractivity contribution in [2.24, 2.45) is 0 Å². The lowest BCUT2D eigenvalue weighted by molar-refractivity contribution is -0.147. The molecule has 1 atom stereocenters. The minimum Gasteiger partial charge on any atom is -0.448 e. The van der Waals surface area contributed by atoms with Crippen molar-refractivity contribution < 1.29 is 22.7 Å². The standard InChI is InChI=1S/C31H33F3N4O2/c1-23(37(20-24-10-4-2-5-11-24)21-25-12-6-3-7-13-25)22-40-30(39)36-18-16-26(17-19-36)38-28-15-9-8-14-27(28)35-29(38)31(32,33)34/h2-15,23,26H,16-22H2,1H3. The highest BCUT2D eigenvalue weighted by Crippen LogP contribution is 2.36. The van der Waals surface area contributed by atoms with Gasteiger partial charge in [0, 0.05) is 38.3 Å². The van der Waals surface area contributed by atoms with E-state index in [1.165, 1.54) is 15.7 Å². The molecule has 1 saturated heterocycles. The first-order chi connectivity index (χ1) is 19.3. The van der Waals surface area contributed by atoms with Crippen molar-refractivity contribution in [1.29, 1.82) is 0 Å². The van der Waals surface area contributed by atoms with Gasteiger partial charge in [-0.1, -0.05) is 72.8 Å². The summed E-state index contributed by atoms with van der Waals surface area (Å²) in [5.74, 6) is -0.888. The number of ether oxygens (including phenoxy) is 1. The van der Waals surface area contributed by atoms with E-state index in [1.807, 2.05) is 43.3 Å². The number of likely N-dealkylation sites (tertiary alicyclic amines) is 1. The summed E-state index contributed by atoms with van der Waals surface area (Å²) >= 11 is 0. The van der Waals surface area contributed by atoms with Crippen LogP contribution in [0.3, 0.4) is 0 Å². The van der Waals surface area contributed by atoms with E-state index in [1.54, 1.807) is 29.2 Å². The highest BCUT2D eigenvalue weighted by molar-refractivity contribution is 5.76. The van der Waals surface area contributed by atoms with Crippen LogP contribution in [-0.2, 0) is 24.0 Å². The zero-order valence-electron chi connectivity index (χ0n) is 22.4. The lowest BCUT2D eigenvalue weighted by Gasteiger charge is -2.34. The van der Waals surface area contributed by atoms with E-state index >= 15 is 0 Å². The van der Waals surface area contributed by atoms with E-state index in [-0.39, 0.29) is 12.6 Å². The van der Waals surface area contributed by atoms with Crippen molar-refractivity contribution in [3.8, 4) is 0 Å². The maximum Gasteiger partial charge on any atom is 0.449 e. The van der Waals surface area contributed by atoms with Crippen LogP contribution < -0.4 is 0 Å². The Kier molecular flexibility index (Phi) is 8.40. The first-order valence-electron chi connectivity index (χ1n) is 13.6. The number of nitrogens with zero attached hydrogens (tertiary/aromatic N) is 4. The van der Waals surface area contributed by atoms with Crippen LogP contribution in [0.4, 0.5) is 18.0 Å². The van der Waals surface area contributed by atoms with Gasteiger partial charge in [0.1, 0.15) is 6.61 Å². The number of carbonyl (C=O) groups excluding carboxylic acids is 1. The Morgan fingerprint density at radius 3 is 2.05 bits per heavy atom. The molecule has 1 aliphatic rings. The van der Waals surface area contributed by atoms with Crippen LogP contribution in [0.2, 0.25) is 0 Å². The molecule has 1 aliphatic heterocycles. The van der Waals surface area contributed by atoms with Gasteiger partial charge in [-0.25, -0.2) is 9.78 Å². The lowest BCUT2D eigenvalue weighted by Crippen LogP contribution is -2.42. The molecule has 5 rings (SSSR count). The number of alkyl halides is 3. The monoisotopic (exact) mass is 550 g/mol. The summed E-state index contributed by atoms with van der Waals surface area (Å²) in [7, 11) is 0. The highest BCUT2D eigenvalue weighted by atomic mass is 19.4. The minimum absolute atomic E-state index is 0.0476. The molecule has 1 unspecified atom stereocenters. The van der Waals surface area contributed by atoms with Gasteiger partial charge in [-0.05, 0) is 43.0 Å². The van der Waals surface area contributed by atoms with E-state index < -0.39 is 24.1 Å². The van der Waals surface area contributed by atoms with Gasteiger partial charge in [0.05, 0.1) is 11.0 Å². The molecule has 0 saturated carbocycles. The number of para-hydroxylation sites is 2. The number of piperidine rings is 1. The zero-order valence-corrected chi connectivity index (χ0v) is 22.4. The summed E-state index contributed by atoms with van der Waals surface area (Å²) in [6.45, 7) is 4.30. The van der Waals surface area contributed by atoms with Crippen molar-refractivity contribution in [3.05, 3.63) is 102 Å². The quantitative estimate of drug-likeness (QED) is 0.239. The first kappa shape index (κ1) is 27.7. The summed E-state index contributed by atoms with van der Waals surface area (Å²) in [5, 5.41) is 0. The number of benzene rings is 3. The molecule has 6 nitrogen and oxygen atoms in total. The summed E-state index contributed by atoms with van der Waals surface area (Å²) in [4.78, 5) is 20.7. The van der Waals surface area contributed by atoms with Crippen molar-refractivity contribution >= 4 is 17.1 Å². The number of fused-ring (bicyclic) bond motifs is 1. The molecule has 40 heavy (non-hydrogen) atoms. The molecule has 2 heterocycles. The molecule has 210 valence electrons. The van der Waals surface area contributed by atoms with E-state index in [9.17, 15) is 18.0 Å². The van der Waals surface area contributed by atoms with Crippen LogP contribution in [0.5, 0.6) is 0 Å². The topological polar surface area (TPSA) is 50.6 Å². The fourth-order valence-corrected chi connectivity index (χ4v) is 5.31. The fourth-order valence-electron chi connectivity index (χ4n) is 5.31. The molecule has 1 amide bonds. The molecule has 1 aromatic heterocycles. The van der Waals surface area contributed by atoms with Gasteiger partial charge in [-0.15, -0.1) is 0 Å². The molecule has 1 fully saturated rings. The van der Waals surface area contributed by atoms with Crippen LogP contribution in [0, 0.1) is 0 Å². The summed E-state index contributed by atoms with van der Waals surface area (Å²) in [6.07, 6.45) is -4.21. The van der Waals surface area contributed by atoms with Crippen molar-refractivity contribution in [1.82, 2.24) is 19.4 Å². The first-order valence-corrected chi connectivity index (χ1v) is 13.6. The fraction of sp³-hybridized carbons (Fsp3) is 0.355. The Hall–Kier alpha value is -3.85. The average molecular weight is 551 g/mol. The van der Waals surface area contributed by atoms with Gasteiger partial charge in [0.25, 0.3) is 0 Å². The third-order valence-electron chi connectivity index (χ3n) is 7.47. The SMILES string of the molecule is CC(COC(=O)N1CCC(n2c(C(F)(F)F)nc3ccccc32)CC1)N(Cc1ccccc1)Cc1ccccc1. The minimum atomic E-state index is -4.56. The van der Waals surface area contributed by atoms with Gasteiger partial charge >= 0.3 is 12.3 Å². The number of imidazole rings is 1. The normalized spacial score (nSPS) is 15.5. The van der Waals surface area contributed by atoms with Crippen molar-refractivity contribution in [2.45, 2.75) is 51.1 Å². The Bertz CT molecular complexity index is 1360. The van der Waals surface area contributed by atoms with Gasteiger partial charge in [0.2, 0.25) is 5.82 Å². The molecule has 0 radical (unpaired) electrons. The zero-order chi connectivity index (χ0) is 28.1. The summed E-state index contributed by atoms with van der Waals surface area (Å²) in [6, 6.07) is 26.5. The molecule has 4 aromatic rings. The van der Waals surface area contributed by atoms with E-state index in [4.69, 9.17) is 4.74 Å². The van der Waals surface area contributed by atoms with Crippen molar-refractivity contribution in [2.75, 3.05) is 19.7 Å². The second-order valence-corrected chi connectivity index (χ2v) is 10.3. The number of halogens is 3. The second-order valence-electron chi connectivity index (χ2n) is 10.3. The smallest absolute Gasteiger partial charge is 0.448 e. The molecule has 3 aromatic carbocycles. The largest absolute Gasteiger partial charge is 0.449 e. The number of carbonyl (C=O) groups is 1. The number of hydrogen-bond acceptors (Lipinski definition) is 4. The molecule has 0 bridgehead atoms. The molecule has 0 aliphatic carbocycles. The number of aromatic nitrogens is 2. The molecule has 0 N–H and O–H groups in total. The van der Waals surface area contributed by atoms with Crippen molar-refractivity contribution in [3.63, 3.8) is 0 Å².